The van der Waals surface area contributed by atoms with Gasteiger partial charge in [-0.05, 0) is 52.3 Å². The zero-order chi connectivity index (χ0) is 30.3. The molecule has 0 saturated carbocycles. The third-order valence-electron chi connectivity index (χ3n) is 7.32. The number of hydrogen-bond donors (Lipinski definition) is 0. The van der Waals surface area contributed by atoms with Crippen LogP contribution in [0.25, 0.3) is 57.9 Å². The van der Waals surface area contributed by atoms with Gasteiger partial charge in [-0.2, -0.15) is 15.8 Å². The van der Waals surface area contributed by atoms with E-state index in [4.69, 9.17) is 32.9 Å². The molecule has 3 aromatic rings. The minimum atomic E-state index is -0.373. The Morgan fingerprint density at radius 1 is 0.571 bits per heavy atom. The fourth-order valence-corrected chi connectivity index (χ4v) is 5.86. The molecule has 0 spiro atoms. The Hall–Kier alpha value is -7.70. The molecule has 5 rings (SSSR count). The summed E-state index contributed by atoms with van der Waals surface area (Å²) in [5.74, 6) is 0. The molecule has 0 heterocycles. The van der Waals surface area contributed by atoms with E-state index in [1.54, 1.807) is 0 Å². The van der Waals surface area contributed by atoms with Crippen LogP contribution in [-0.2, 0) is 12.8 Å². The third-order valence-corrected chi connectivity index (χ3v) is 7.32. The second-order valence-corrected chi connectivity index (χ2v) is 8.94. The highest BCUT2D eigenvalue weighted by atomic mass is 14.8. The topological polar surface area (TPSA) is 141 Å². The first-order valence-corrected chi connectivity index (χ1v) is 11.7. The molecule has 3 aromatic carbocycles. The molecule has 0 saturated heterocycles. The highest BCUT2D eigenvalue weighted by molar-refractivity contribution is 6.01. The van der Waals surface area contributed by atoms with Crippen molar-refractivity contribution in [2.75, 3.05) is 0 Å². The Labute approximate surface area is 238 Å². The smallest absolute Gasteiger partial charge is 0.251 e. The summed E-state index contributed by atoms with van der Waals surface area (Å²) in [5.41, 5.74) is 1.17. The minimum absolute atomic E-state index is 0.00408. The van der Waals surface area contributed by atoms with E-state index in [0.717, 1.165) is 0 Å². The second kappa shape index (κ2) is 9.55. The Morgan fingerprint density at radius 3 is 1.57 bits per heavy atom. The number of rotatable bonds is 0. The summed E-state index contributed by atoms with van der Waals surface area (Å²) in [5, 5.41) is 50.1. The molecule has 2 aliphatic carbocycles. The van der Waals surface area contributed by atoms with E-state index in [0.29, 0.717) is 11.1 Å². The Morgan fingerprint density at radius 2 is 1.12 bits per heavy atom. The van der Waals surface area contributed by atoms with Gasteiger partial charge in [0, 0.05) is 16.0 Å². The van der Waals surface area contributed by atoms with Crippen LogP contribution in [-0.4, -0.2) is 0 Å². The summed E-state index contributed by atoms with van der Waals surface area (Å²) in [4.78, 5) is 17.4. The van der Waals surface area contributed by atoms with Gasteiger partial charge in [0.05, 0.1) is 67.8 Å². The fraction of sp³-hybridized carbons (Fsp3) is 0.0625. The third kappa shape index (κ3) is 3.15. The van der Waals surface area contributed by atoms with Crippen LogP contribution in [0.5, 0.6) is 0 Å². The summed E-state index contributed by atoms with van der Waals surface area (Å²) < 4.78 is 0. The van der Waals surface area contributed by atoms with Crippen molar-refractivity contribution in [1.82, 2.24) is 0 Å². The van der Waals surface area contributed by atoms with E-state index < -0.39 is 0 Å². The SMILES string of the molecule is [C-]#[N+]/C(C#N)=c1/c2c(/c(=C(\C#N)[N+]#[C-])c3c1-c1c([N+]#[C-])cc([N+]#[C-])c([N+]#[C-])c1C3)-c1c(C#N)cc(C#N)c(C#N)c1C2. The van der Waals surface area contributed by atoms with Crippen molar-refractivity contribution in [2.45, 2.75) is 12.8 Å². The molecule has 0 bridgehead atoms. The summed E-state index contributed by atoms with van der Waals surface area (Å²) in [7, 11) is 0. The van der Waals surface area contributed by atoms with Crippen molar-refractivity contribution in [1.29, 1.82) is 26.3 Å². The predicted molar refractivity (Wildman–Crippen MR) is 146 cm³/mol. The summed E-state index contributed by atoms with van der Waals surface area (Å²) in [6.45, 7) is 38.8. The molecule has 0 fully saturated rings. The predicted octanol–water partition coefficient (Wildman–Crippen LogP) is 5.20. The second-order valence-electron chi connectivity index (χ2n) is 8.94. The molecule has 0 amide bonds. The number of fused-ring (bicyclic) bond motifs is 6. The maximum atomic E-state index is 10.1. The quantitative estimate of drug-likeness (QED) is 0.253. The maximum absolute atomic E-state index is 10.1. The van der Waals surface area contributed by atoms with Gasteiger partial charge < -0.3 is 0 Å². The highest BCUT2D eigenvalue weighted by Crippen LogP contribution is 2.51. The number of nitrogens with zero attached hydrogens (tertiary/aromatic N) is 10. The van der Waals surface area contributed by atoms with Crippen LogP contribution < -0.4 is 10.4 Å². The summed E-state index contributed by atoms with van der Waals surface area (Å²) in [6, 6.07) is 12.3. The van der Waals surface area contributed by atoms with Gasteiger partial charge >= 0.3 is 0 Å². The Balaban J connectivity index is 2.22. The normalized spacial score (nSPS) is 12.1. The van der Waals surface area contributed by atoms with Crippen molar-refractivity contribution < 1.29 is 0 Å². The zero-order valence-corrected chi connectivity index (χ0v) is 21.0. The van der Waals surface area contributed by atoms with Crippen LogP contribution in [0.3, 0.4) is 0 Å². The molecule has 10 heteroatoms. The van der Waals surface area contributed by atoms with E-state index in [2.05, 4.69) is 24.2 Å². The fourth-order valence-electron chi connectivity index (χ4n) is 5.86. The van der Waals surface area contributed by atoms with Gasteiger partial charge in [-0.25, -0.2) is 29.9 Å². The van der Waals surface area contributed by atoms with Crippen LogP contribution in [0.1, 0.15) is 38.9 Å². The lowest BCUT2D eigenvalue weighted by Gasteiger charge is -2.15. The van der Waals surface area contributed by atoms with Gasteiger partial charge in [-0.3, -0.25) is 4.85 Å². The maximum Gasteiger partial charge on any atom is 0.269 e. The van der Waals surface area contributed by atoms with E-state index in [9.17, 15) is 26.3 Å². The largest absolute Gasteiger partial charge is 0.269 e. The molecule has 2 aliphatic rings. The average Bonchev–Trinajstić information content (AvgIpc) is 3.61. The molecular formula is C32H6N10. The lowest BCUT2D eigenvalue weighted by molar-refractivity contribution is 1.19. The van der Waals surface area contributed by atoms with Crippen molar-refractivity contribution >= 4 is 28.5 Å². The molecule has 0 unspecified atom stereocenters. The first kappa shape index (κ1) is 25.9. The number of nitriles is 5. The standard InChI is InChI=1S/C32H6N10/c1-38-22-9-23(39-2)32(42-5)20-8-19-27(24(13-36)40-3)30-18(28(25(14-37)41-4)31(19)29(20)22)7-17-21(12-35)15(10-33)6-16(11-34)26(17)30/h6,9H,7-8H2/b27-24+,28-25-. The molecule has 0 radical (unpaired) electrons. The molecule has 0 aliphatic heterocycles. The molecule has 10 nitrogen and oxygen atoms in total. The Bertz CT molecular complexity index is 2250. The lowest BCUT2D eigenvalue weighted by atomic mass is 9.88. The molecule has 0 N–H and O–H groups in total. The molecule has 0 aromatic heterocycles. The number of hydrogen-bond acceptors (Lipinski definition) is 5. The molecule has 184 valence electrons. The van der Waals surface area contributed by atoms with E-state index in [-0.39, 0.29) is 102 Å². The van der Waals surface area contributed by atoms with Gasteiger partial charge in [0.15, 0.2) is 17.1 Å². The van der Waals surface area contributed by atoms with Crippen molar-refractivity contribution in [3.8, 4) is 52.6 Å². The van der Waals surface area contributed by atoms with Crippen LogP contribution in [0.15, 0.2) is 12.1 Å². The van der Waals surface area contributed by atoms with Crippen LogP contribution in [0.2, 0.25) is 0 Å². The van der Waals surface area contributed by atoms with E-state index >= 15 is 0 Å². The molecule has 42 heavy (non-hydrogen) atoms. The Kier molecular flexibility index (Phi) is 5.90. The van der Waals surface area contributed by atoms with Gasteiger partial charge in [-0.15, -0.1) is 0 Å². The first-order valence-electron chi connectivity index (χ1n) is 11.7. The highest BCUT2D eigenvalue weighted by Gasteiger charge is 2.37. The van der Waals surface area contributed by atoms with Crippen molar-refractivity contribution in [3.05, 3.63) is 119 Å². The summed E-state index contributed by atoms with van der Waals surface area (Å²) >= 11 is 0. The molecular weight excluding hydrogens is 524 g/mol. The van der Waals surface area contributed by atoms with Gasteiger partial charge in [0.1, 0.15) is 12.1 Å². The van der Waals surface area contributed by atoms with E-state index in [1.807, 2.05) is 30.3 Å². The van der Waals surface area contributed by atoms with Gasteiger partial charge in [0.25, 0.3) is 11.4 Å². The van der Waals surface area contributed by atoms with Gasteiger partial charge in [0.2, 0.25) is 0 Å². The van der Waals surface area contributed by atoms with E-state index in [1.165, 1.54) is 12.1 Å². The van der Waals surface area contributed by atoms with Crippen molar-refractivity contribution in [2.24, 2.45) is 0 Å². The first-order chi connectivity index (χ1) is 20.4. The molecule has 0 atom stereocenters. The van der Waals surface area contributed by atoms with Crippen molar-refractivity contribution in [3.63, 3.8) is 0 Å². The monoisotopic (exact) mass is 530 g/mol. The van der Waals surface area contributed by atoms with Crippen LogP contribution in [0, 0.1) is 89.5 Å². The minimum Gasteiger partial charge on any atom is -0.251 e. The lowest BCUT2D eigenvalue weighted by Crippen LogP contribution is -2.25. The average molecular weight is 530 g/mol. The summed E-state index contributed by atoms with van der Waals surface area (Å²) in [6.07, 6.45) is -0.205. The van der Waals surface area contributed by atoms with Crippen LogP contribution >= 0.6 is 0 Å². The van der Waals surface area contributed by atoms with Gasteiger partial charge in [-0.1, -0.05) is 11.6 Å². The zero-order valence-electron chi connectivity index (χ0n) is 21.0. The number of benzene rings is 3. The van der Waals surface area contributed by atoms with Crippen LogP contribution in [0.4, 0.5) is 17.1 Å².